The Hall–Kier alpha value is -2.36. The van der Waals surface area contributed by atoms with E-state index < -0.39 is 42.4 Å². The molecule has 2 aromatic carbocycles. The minimum atomic E-state index is -4.92. The lowest BCUT2D eigenvalue weighted by Gasteiger charge is -2.43. The predicted octanol–water partition coefficient (Wildman–Crippen LogP) is 6.21. The topological polar surface area (TPSA) is 21.7 Å². The first kappa shape index (κ1) is 24.3. The summed E-state index contributed by atoms with van der Waals surface area (Å²) in [5.41, 5.74) is -2.14. The van der Waals surface area contributed by atoms with Gasteiger partial charge < -0.3 is 9.47 Å². The van der Waals surface area contributed by atoms with E-state index in [1.807, 2.05) is 37.3 Å². The Balaban J connectivity index is 1.90. The number of morpholine rings is 1. The van der Waals surface area contributed by atoms with E-state index in [0.717, 1.165) is 5.56 Å². The molecular formula is C23H23F6NO2. The molecule has 3 rings (SSSR count). The van der Waals surface area contributed by atoms with Crippen LogP contribution >= 0.6 is 0 Å². The van der Waals surface area contributed by atoms with Crippen molar-refractivity contribution >= 4 is 0 Å². The SMILES string of the molecule is C=CCN1C[C@@H](C)O[C@@H](OCc2cc(C(F)(F)F)cc(C(F)(F)F)c2)[C@H]1c1ccccc1. The summed E-state index contributed by atoms with van der Waals surface area (Å²) in [6, 6.07) is 10.3. The number of nitrogens with zero attached hydrogens (tertiary/aromatic N) is 1. The summed E-state index contributed by atoms with van der Waals surface area (Å²) >= 11 is 0. The third-order valence-electron chi connectivity index (χ3n) is 5.08. The number of halogens is 6. The van der Waals surface area contributed by atoms with Crippen LogP contribution in [0.3, 0.4) is 0 Å². The van der Waals surface area contributed by atoms with Crippen molar-refractivity contribution in [2.24, 2.45) is 0 Å². The Morgan fingerprint density at radius 2 is 1.62 bits per heavy atom. The standard InChI is InChI=1S/C23H23F6NO2/c1-3-9-30-13-15(2)32-21(20(30)17-7-5-4-6-8-17)31-14-16-10-18(22(24,25)26)12-19(11-16)23(27,28)29/h3-8,10-12,15,20-21H,1,9,13-14H2,2H3/t15-,20-,21-/m1/s1. The largest absolute Gasteiger partial charge is 0.416 e. The van der Waals surface area contributed by atoms with Crippen LogP contribution in [0.15, 0.2) is 61.2 Å². The van der Waals surface area contributed by atoms with Crippen molar-refractivity contribution in [1.29, 1.82) is 0 Å². The van der Waals surface area contributed by atoms with Crippen LogP contribution in [0.5, 0.6) is 0 Å². The average molecular weight is 459 g/mol. The van der Waals surface area contributed by atoms with E-state index in [9.17, 15) is 26.3 Å². The molecule has 0 N–H and O–H groups in total. The molecule has 0 bridgehead atoms. The normalized spacial score (nSPS) is 22.7. The summed E-state index contributed by atoms with van der Waals surface area (Å²) in [4.78, 5) is 2.05. The molecule has 2 aromatic rings. The highest BCUT2D eigenvalue weighted by Gasteiger charge is 2.39. The molecule has 1 heterocycles. The highest BCUT2D eigenvalue weighted by molar-refractivity contribution is 5.33. The van der Waals surface area contributed by atoms with Gasteiger partial charge in [-0.25, -0.2) is 0 Å². The lowest BCUT2D eigenvalue weighted by molar-refractivity contribution is -0.239. The molecule has 0 unspecified atom stereocenters. The first-order valence-electron chi connectivity index (χ1n) is 9.94. The molecule has 0 saturated carbocycles. The van der Waals surface area contributed by atoms with Gasteiger partial charge in [0, 0.05) is 13.1 Å². The van der Waals surface area contributed by atoms with Crippen LogP contribution in [0.4, 0.5) is 26.3 Å². The number of hydrogen-bond donors (Lipinski definition) is 0. The lowest BCUT2D eigenvalue weighted by atomic mass is 10.0. The van der Waals surface area contributed by atoms with Gasteiger partial charge in [0.25, 0.3) is 0 Å². The fourth-order valence-electron chi connectivity index (χ4n) is 3.75. The first-order chi connectivity index (χ1) is 15.0. The zero-order chi connectivity index (χ0) is 23.5. The predicted molar refractivity (Wildman–Crippen MR) is 107 cm³/mol. The van der Waals surface area contributed by atoms with Crippen LogP contribution in [0, 0.1) is 0 Å². The van der Waals surface area contributed by atoms with Gasteiger partial charge in [-0.15, -0.1) is 6.58 Å². The Labute approximate surface area is 182 Å². The quantitative estimate of drug-likeness (QED) is 0.379. The van der Waals surface area contributed by atoms with Gasteiger partial charge in [0.15, 0.2) is 6.29 Å². The lowest BCUT2D eigenvalue weighted by Crippen LogP contribution is -2.49. The van der Waals surface area contributed by atoms with Crippen LogP contribution < -0.4 is 0 Å². The van der Waals surface area contributed by atoms with Gasteiger partial charge in [0.1, 0.15) is 0 Å². The van der Waals surface area contributed by atoms with Crippen LogP contribution in [-0.2, 0) is 28.4 Å². The fraction of sp³-hybridized carbons (Fsp3) is 0.391. The van der Waals surface area contributed by atoms with E-state index in [-0.39, 0.29) is 17.7 Å². The van der Waals surface area contributed by atoms with Crippen molar-refractivity contribution in [3.05, 3.63) is 83.4 Å². The highest BCUT2D eigenvalue weighted by atomic mass is 19.4. The van der Waals surface area contributed by atoms with Gasteiger partial charge in [-0.2, -0.15) is 26.3 Å². The Kier molecular flexibility index (Phi) is 7.32. The number of hydrogen-bond acceptors (Lipinski definition) is 3. The monoisotopic (exact) mass is 459 g/mol. The molecule has 32 heavy (non-hydrogen) atoms. The maximum atomic E-state index is 13.2. The van der Waals surface area contributed by atoms with E-state index in [1.165, 1.54) is 0 Å². The average Bonchev–Trinajstić information content (AvgIpc) is 2.71. The van der Waals surface area contributed by atoms with Crippen molar-refractivity contribution in [3.63, 3.8) is 0 Å². The van der Waals surface area contributed by atoms with Crippen molar-refractivity contribution in [2.75, 3.05) is 13.1 Å². The highest BCUT2D eigenvalue weighted by Crippen LogP contribution is 2.37. The van der Waals surface area contributed by atoms with E-state index in [1.54, 1.807) is 6.08 Å². The summed E-state index contributed by atoms with van der Waals surface area (Å²) < 4.78 is 90.6. The van der Waals surface area contributed by atoms with E-state index in [4.69, 9.17) is 9.47 Å². The minimum absolute atomic E-state index is 0.0985. The summed E-state index contributed by atoms with van der Waals surface area (Å²) in [5.74, 6) is 0. The molecule has 3 atom stereocenters. The van der Waals surface area contributed by atoms with Crippen molar-refractivity contribution in [2.45, 2.75) is 44.3 Å². The first-order valence-corrected chi connectivity index (χ1v) is 9.94. The molecule has 1 aliphatic rings. The van der Waals surface area contributed by atoms with Gasteiger partial charge >= 0.3 is 12.4 Å². The molecular weight excluding hydrogens is 436 g/mol. The Bertz CT molecular complexity index is 881. The second kappa shape index (κ2) is 9.64. The van der Waals surface area contributed by atoms with Gasteiger partial charge in [0.05, 0.1) is 29.9 Å². The summed E-state index contributed by atoms with van der Waals surface area (Å²) in [5, 5.41) is 0. The van der Waals surface area contributed by atoms with E-state index in [0.29, 0.717) is 25.2 Å². The van der Waals surface area contributed by atoms with Crippen molar-refractivity contribution < 1.29 is 35.8 Å². The second-order valence-corrected chi connectivity index (χ2v) is 7.64. The zero-order valence-corrected chi connectivity index (χ0v) is 17.3. The van der Waals surface area contributed by atoms with Crippen LogP contribution in [0.25, 0.3) is 0 Å². The minimum Gasteiger partial charge on any atom is -0.346 e. The molecule has 0 amide bonds. The van der Waals surface area contributed by atoms with Gasteiger partial charge in [-0.05, 0) is 36.2 Å². The maximum Gasteiger partial charge on any atom is 0.416 e. The van der Waals surface area contributed by atoms with Crippen LogP contribution in [0.1, 0.15) is 35.2 Å². The summed E-state index contributed by atoms with van der Waals surface area (Å²) in [7, 11) is 0. The Morgan fingerprint density at radius 3 is 2.16 bits per heavy atom. The zero-order valence-electron chi connectivity index (χ0n) is 17.3. The smallest absolute Gasteiger partial charge is 0.346 e. The van der Waals surface area contributed by atoms with Crippen molar-refractivity contribution in [1.82, 2.24) is 4.90 Å². The molecule has 0 aliphatic carbocycles. The van der Waals surface area contributed by atoms with Gasteiger partial charge in [-0.1, -0.05) is 36.4 Å². The summed E-state index contributed by atoms with van der Waals surface area (Å²) in [6.45, 7) is 6.17. The number of rotatable bonds is 6. The molecule has 0 spiro atoms. The van der Waals surface area contributed by atoms with Crippen molar-refractivity contribution in [3.8, 4) is 0 Å². The van der Waals surface area contributed by atoms with Crippen LogP contribution in [0.2, 0.25) is 0 Å². The molecule has 9 heteroatoms. The number of ether oxygens (including phenoxy) is 2. The number of alkyl halides is 6. The van der Waals surface area contributed by atoms with Gasteiger partial charge in [0.2, 0.25) is 0 Å². The molecule has 174 valence electrons. The molecule has 1 aliphatic heterocycles. The van der Waals surface area contributed by atoms with Crippen LogP contribution in [-0.4, -0.2) is 30.4 Å². The Morgan fingerprint density at radius 1 is 1.03 bits per heavy atom. The number of benzene rings is 2. The molecule has 0 radical (unpaired) electrons. The third-order valence-corrected chi connectivity index (χ3v) is 5.08. The van der Waals surface area contributed by atoms with E-state index >= 15 is 0 Å². The second-order valence-electron chi connectivity index (χ2n) is 7.64. The fourth-order valence-corrected chi connectivity index (χ4v) is 3.75. The molecule has 3 nitrogen and oxygen atoms in total. The third kappa shape index (κ3) is 5.90. The van der Waals surface area contributed by atoms with E-state index in [2.05, 4.69) is 11.5 Å². The molecule has 1 saturated heterocycles. The van der Waals surface area contributed by atoms with Gasteiger partial charge in [-0.3, -0.25) is 4.90 Å². The molecule has 0 aromatic heterocycles. The maximum absolute atomic E-state index is 13.2. The summed E-state index contributed by atoms with van der Waals surface area (Å²) in [6.07, 6.45) is -9.27. The molecule has 1 fully saturated rings.